The molecule has 1 N–H and O–H groups in total. The quantitative estimate of drug-likeness (QED) is 0.923. The van der Waals surface area contributed by atoms with Crippen molar-refractivity contribution in [2.24, 2.45) is 0 Å². The van der Waals surface area contributed by atoms with Gasteiger partial charge in [0.15, 0.2) is 0 Å². The fourth-order valence-electron chi connectivity index (χ4n) is 1.62. The number of hydrogen-bond acceptors (Lipinski definition) is 3. The number of nitrogens with zero attached hydrogens (tertiary/aromatic N) is 3. The third-order valence-electron chi connectivity index (χ3n) is 2.55. The van der Waals surface area contributed by atoms with E-state index in [2.05, 4.69) is 10.1 Å². The standard InChI is InChI=1S/C12H12F3N3O/c13-12(14,15)11-2-1-9(5-16-11)7-18-8-10(3-4-19)6-17-18/h1-2,5-6,8,19H,3-4,7H2. The van der Waals surface area contributed by atoms with Crippen LogP contribution in [-0.2, 0) is 19.1 Å². The Morgan fingerprint density at radius 2 is 1.95 bits per heavy atom. The molecular formula is C12H12F3N3O. The lowest BCUT2D eigenvalue weighted by Crippen LogP contribution is -2.08. The minimum Gasteiger partial charge on any atom is -0.396 e. The molecule has 2 aromatic rings. The summed E-state index contributed by atoms with van der Waals surface area (Å²) in [5, 5.41) is 12.8. The van der Waals surface area contributed by atoms with E-state index in [9.17, 15) is 13.2 Å². The summed E-state index contributed by atoms with van der Waals surface area (Å²) in [6, 6.07) is 2.33. The fraction of sp³-hybridized carbons (Fsp3) is 0.333. The molecule has 2 aromatic heterocycles. The third kappa shape index (κ3) is 3.54. The Morgan fingerprint density at radius 3 is 2.53 bits per heavy atom. The second-order valence-corrected chi connectivity index (χ2v) is 4.07. The first kappa shape index (κ1) is 13.5. The lowest BCUT2D eigenvalue weighted by Gasteiger charge is -2.06. The summed E-state index contributed by atoms with van der Waals surface area (Å²) < 4.78 is 38.6. The second-order valence-electron chi connectivity index (χ2n) is 4.07. The van der Waals surface area contributed by atoms with Crippen LogP contribution >= 0.6 is 0 Å². The average Bonchev–Trinajstić information content (AvgIpc) is 2.77. The number of hydrogen-bond donors (Lipinski definition) is 1. The van der Waals surface area contributed by atoms with Gasteiger partial charge in [0, 0.05) is 19.0 Å². The number of pyridine rings is 1. The summed E-state index contributed by atoms with van der Waals surface area (Å²) in [7, 11) is 0. The summed E-state index contributed by atoms with van der Waals surface area (Å²) in [6.07, 6.45) is 0.641. The van der Waals surface area contributed by atoms with Crippen LogP contribution in [0.1, 0.15) is 16.8 Å². The molecule has 0 unspecified atom stereocenters. The van der Waals surface area contributed by atoms with Gasteiger partial charge in [-0.3, -0.25) is 9.67 Å². The van der Waals surface area contributed by atoms with Crippen LogP contribution in [0, 0.1) is 0 Å². The van der Waals surface area contributed by atoms with Gasteiger partial charge in [-0.1, -0.05) is 6.07 Å². The highest BCUT2D eigenvalue weighted by Crippen LogP contribution is 2.27. The van der Waals surface area contributed by atoms with Crippen molar-refractivity contribution in [3.05, 3.63) is 47.5 Å². The van der Waals surface area contributed by atoms with Gasteiger partial charge < -0.3 is 5.11 Å². The number of aliphatic hydroxyl groups is 1. The van der Waals surface area contributed by atoms with E-state index >= 15 is 0 Å². The highest BCUT2D eigenvalue weighted by molar-refractivity contribution is 5.16. The van der Waals surface area contributed by atoms with Gasteiger partial charge in [0.1, 0.15) is 5.69 Å². The molecule has 0 saturated carbocycles. The van der Waals surface area contributed by atoms with Gasteiger partial charge in [0.25, 0.3) is 0 Å². The van der Waals surface area contributed by atoms with E-state index in [1.807, 2.05) is 0 Å². The molecule has 0 spiro atoms. The van der Waals surface area contributed by atoms with Crippen molar-refractivity contribution < 1.29 is 18.3 Å². The first-order valence-electron chi connectivity index (χ1n) is 5.63. The Kier molecular flexibility index (Phi) is 3.84. The van der Waals surface area contributed by atoms with Crippen LogP contribution in [0.15, 0.2) is 30.7 Å². The molecule has 0 aromatic carbocycles. The molecule has 2 rings (SSSR count). The second kappa shape index (κ2) is 5.40. The van der Waals surface area contributed by atoms with Gasteiger partial charge in [0.05, 0.1) is 12.7 Å². The predicted molar refractivity (Wildman–Crippen MR) is 61.4 cm³/mol. The lowest BCUT2D eigenvalue weighted by molar-refractivity contribution is -0.141. The summed E-state index contributed by atoms with van der Waals surface area (Å²) in [6.45, 7) is 0.379. The summed E-state index contributed by atoms with van der Waals surface area (Å²) in [5.74, 6) is 0. The molecule has 2 heterocycles. The molecule has 7 heteroatoms. The Morgan fingerprint density at radius 1 is 1.16 bits per heavy atom. The predicted octanol–water partition coefficient (Wildman–Crippen LogP) is 1.88. The van der Waals surface area contributed by atoms with Crippen molar-refractivity contribution in [3.8, 4) is 0 Å². The SMILES string of the molecule is OCCc1cnn(Cc2ccc(C(F)(F)F)nc2)c1. The molecule has 0 aliphatic rings. The van der Waals surface area contributed by atoms with Crippen LogP contribution in [0.25, 0.3) is 0 Å². The van der Waals surface area contributed by atoms with Crippen molar-refractivity contribution in [3.63, 3.8) is 0 Å². The smallest absolute Gasteiger partial charge is 0.396 e. The van der Waals surface area contributed by atoms with Gasteiger partial charge >= 0.3 is 6.18 Å². The maximum Gasteiger partial charge on any atom is 0.433 e. The van der Waals surface area contributed by atoms with Crippen molar-refractivity contribution in [2.75, 3.05) is 6.61 Å². The minimum atomic E-state index is -4.42. The number of aliphatic hydroxyl groups excluding tert-OH is 1. The molecule has 19 heavy (non-hydrogen) atoms. The zero-order valence-corrected chi connectivity index (χ0v) is 9.93. The number of aromatic nitrogens is 3. The van der Waals surface area contributed by atoms with E-state index in [4.69, 9.17) is 5.11 Å². The number of alkyl halides is 3. The zero-order valence-electron chi connectivity index (χ0n) is 9.93. The minimum absolute atomic E-state index is 0.0352. The molecule has 102 valence electrons. The molecule has 0 bridgehead atoms. The molecule has 4 nitrogen and oxygen atoms in total. The van der Waals surface area contributed by atoms with E-state index in [-0.39, 0.29) is 6.61 Å². The fourth-order valence-corrected chi connectivity index (χ4v) is 1.62. The van der Waals surface area contributed by atoms with Gasteiger partial charge in [-0.2, -0.15) is 18.3 Å². The maximum absolute atomic E-state index is 12.3. The summed E-state index contributed by atoms with van der Waals surface area (Å²) in [5.41, 5.74) is 0.603. The van der Waals surface area contributed by atoms with E-state index in [1.54, 1.807) is 17.1 Å². The van der Waals surface area contributed by atoms with Crippen LogP contribution in [0.4, 0.5) is 13.2 Å². The van der Waals surface area contributed by atoms with Crippen molar-refractivity contribution in [1.82, 2.24) is 14.8 Å². The molecule has 0 fully saturated rings. The van der Waals surface area contributed by atoms with E-state index < -0.39 is 11.9 Å². The Bertz CT molecular complexity index is 534. The van der Waals surface area contributed by atoms with E-state index in [0.29, 0.717) is 18.5 Å². The Hall–Kier alpha value is -1.89. The third-order valence-corrected chi connectivity index (χ3v) is 2.55. The molecular weight excluding hydrogens is 259 g/mol. The molecule has 0 aliphatic carbocycles. The maximum atomic E-state index is 12.3. The Balaban J connectivity index is 2.06. The van der Waals surface area contributed by atoms with Gasteiger partial charge in [-0.15, -0.1) is 0 Å². The Labute approximate surface area is 107 Å². The zero-order chi connectivity index (χ0) is 13.9. The highest BCUT2D eigenvalue weighted by Gasteiger charge is 2.31. The van der Waals surface area contributed by atoms with E-state index in [1.165, 1.54) is 12.3 Å². The first-order chi connectivity index (χ1) is 8.99. The summed E-state index contributed by atoms with van der Waals surface area (Å²) in [4.78, 5) is 3.38. The monoisotopic (exact) mass is 271 g/mol. The van der Waals surface area contributed by atoms with Crippen LogP contribution < -0.4 is 0 Å². The molecule has 0 saturated heterocycles. The average molecular weight is 271 g/mol. The normalized spacial score (nSPS) is 11.8. The van der Waals surface area contributed by atoms with Gasteiger partial charge in [-0.05, 0) is 23.6 Å². The highest BCUT2D eigenvalue weighted by atomic mass is 19.4. The van der Waals surface area contributed by atoms with E-state index in [0.717, 1.165) is 11.6 Å². The van der Waals surface area contributed by atoms with Crippen molar-refractivity contribution in [2.45, 2.75) is 19.1 Å². The van der Waals surface area contributed by atoms with Crippen LogP contribution in [0.3, 0.4) is 0 Å². The molecule has 0 atom stereocenters. The lowest BCUT2D eigenvalue weighted by atomic mass is 10.2. The number of halogens is 3. The van der Waals surface area contributed by atoms with Crippen LogP contribution in [0.5, 0.6) is 0 Å². The summed E-state index contributed by atoms with van der Waals surface area (Å²) >= 11 is 0. The molecule has 0 amide bonds. The van der Waals surface area contributed by atoms with Crippen LogP contribution in [0.2, 0.25) is 0 Å². The molecule has 0 radical (unpaired) electrons. The van der Waals surface area contributed by atoms with Crippen molar-refractivity contribution in [1.29, 1.82) is 0 Å². The molecule has 0 aliphatic heterocycles. The topological polar surface area (TPSA) is 50.9 Å². The van der Waals surface area contributed by atoms with Crippen molar-refractivity contribution >= 4 is 0 Å². The first-order valence-corrected chi connectivity index (χ1v) is 5.63. The number of rotatable bonds is 4. The van der Waals surface area contributed by atoms with Crippen LogP contribution in [-0.4, -0.2) is 26.5 Å². The largest absolute Gasteiger partial charge is 0.433 e. The van der Waals surface area contributed by atoms with Gasteiger partial charge in [-0.25, -0.2) is 0 Å². The van der Waals surface area contributed by atoms with Gasteiger partial charge in [0.2, 0.25) is 0 Å².